The Morgan fingerprint density at radius 1 is 1.06 bits per heavy atom. The van der Waals surface area contributed by atoms with Gasteiger partial charge in [-0.15, -0.1) is 13.2 Å². The number of fused-ring (bicyclic) bond motifs is 1. The molecule has 0 aliphatic carbocycles. The summed E-state index contributed by atoms with van der Waals surface area (Å²) in [5.74, 6) is -1.85. The van der Waals surface area contributed by atoms with Crippen LogP contribution in [0, 0.1) is 5.82 Å². The second-order valence-corrected chi connectivity index (χ2v) is 4.21. The Morgan fingerprint density at radius 3 is 2.41 bits per heavy atom. The van der Waals surface area contributed by atoms with Crippen LogP contribution in [0.4, 0.5) is 17.6 Å². The Balaban J connectivity index is 2.54. The van der Waals surface area contributed by atoms with Crippen LogP contribution in [0.3, 0.4) is 0 Å². The Labute approximate surface area is 102 Å². The van der Waals surface area contributed by atoms with E-state index in [-0.39, 0.29) is 5.39 Å². The van der Waals surface area contributed by atoms with E-state index >= 15 is 0 Å². The number of hydrogen-bond donors (Lipinski definition) is 0. The van der Waals surface area contributed by atoms with Crippen LogP contribution >= 0.6 is 15.9 Å². The molecule has 17 heavy (non-hydrogen) atoms. The summed E-state index contributed by atoms with van der Waals surface area (Å²) in [6.45, 7) is 0. The molecule has 0 fully saturated rings. The van der Waals surface area contributed by atoms with Crippen LogP contribution in [0.25, 0.3) is 10.8 Å². The molecule has 0 aliphatic rings. The van der Waals surface area contributed by atoms with E-state index < -0.39 is 17.9 Å². The third kappa shape index (κ3) is 2.69. The molecule has 0 N–H and O–H groups in total. The van der Waals surface area contributed by atoms with E-state index in [0.717, 1.165) is 6.07 Å². The van der Waals surface area contributed by atoms with Crippen molar-refractivity contribution < 1.29 is 22.3 Å². The Hall–Kier alpha value is -1.30. The predicted octanol–water partition coefficient (Wildman–Crippen LogP) is 4.64. The zero-order valence-electron chi connectivity index (χ0n) is 8.18. The largest absolute Gasteiger partial charge is 0.573 e. The van der Waals surface area contributed by atoms with Gasteiger partial charge in [-0.3, -0.25) is 0 Å². The fourth-order valence-electron chi connectivity index (χ4n) is 1.45. The lowest BCUT2D eigenvalue weighted by molar-refractivity contribution is -0.275. The molecular formula is C11H5BrF4O. The molecule has 2 aromatic rings. The average Bonchev–Trinajstić information content (AvgIpc) is 2.20. The maximum Gasteiger partial charge on any atom is 0.573 e. The molecule has 0 amide bonds. The zero-order chi connectivity index (χ0) is 12.6. The van der Waals surface area contributed by atoms with Gasteiger partial charge in [-0.25, -0.2) is 4.39 Å². The molecule has 2 rings (SSSR count). The van der Waals surface area contributed by atoms with Crippen LogP contribution in [0.15, 0.2) is 34.8 Å². The molecule has 0 aromatic heterocycles. The summed E-state index contributed by atoms with van der Waals surface area (Å²) in [5.41, 5.74) is 0. The van der Waals surface area contributed by atoms with Crippen LogP contribution < -0.4 is 4.74 Å². The number of benzene rings is 2. The second-order valence-electron chi connectivity index (χ2n) is 3.29. The monoisotopic (exact) mass is 308 g/mol. The number of rotatable bonds is 1. The van der Waals surface area contributed by atoms with Gasteiger partial charge in [-0.05, 0) is 23.6 Å². The summed E-state index contributed by atoms with van der Waals surface area (Å²) in [7, 11) is 0. The van der Waals surface area contributed by atoms with E-state index in [1.165, 1.54) is 12.1 Å². The molecule has 0 aliphatic heterocycles. The van der Waals surface area contributed by atoms with E-state index in [4.69, 9.17) is 0 Å². The van der Waals surface area contributed by atoms with Crippen molar-refractivity contribution in [2.24, 2.45) is 0 Å². The van der Waals surface area contributed by atoms with Gasteiger partial charge in [0, 0.05) is 9.86 Å². The average molecular weight is 309 g/mol. The molecule has 2 aromatic carbocycles. The minimum atomic E-state index is -4.90. The molecule has 0 saturated carbocycles. The SMILES string of the molecule is Fc1c(OC(F)(F)F)ccc2cc(Br)ccc12. The fraction of sp³-hybridized carbons (Fsp3) is 0.0909. The predicted molar refractivity (Wildman–Crippen MR) is 58.3 cm³/mol. The minimum Gasteiger partial charge on any atom is -0.403 e. The second kappa shape index (κ2) is 4.18. The number of halogens is 5. The summed E-state index contributed by atoms with van der Waals surface area (Å²) in [6, 6.07) is 6.86. The Morgan fingerprint density at radius 2 is 1.76 bits per heavy atom. The standard InChI is InChI=1S/C11H5BrF4O/c12-7-2-3-8-6(5-7)1-4-9(10(8)13)17-11(14,15)16/h1-5H. The Kier molecular flexibility index (Phi) is 2.99. The molecule has 0 bridgehead atoms. The van der Waals surface area contributed by atoms with Crippen molar-refractivity contribution in [2.75, 3.05) is 0 Å². The molecular weight excluding hydrogens is 304 g/mol. The van der Waals surface area contributed by atoms with Crippen LogP contribution in [0.2, 0.25) is 0 Å². The summed E-state index contributed by atoms with van der Waals surface area (Å²) in [5, 5.41) is 0.571. The first-order chi connectivity index (χ1) is 7.87. The van der Waals surface area contributed by atoms with Crippen molar-refractivity contribution in [3.63, 3.8) is 0 Å². The van der Waals surface area contributed by atoms with Crippen molar-refractivity contribution >= 4 is 26.7 Å². The van der Waals surface area contributed by atoms with Gasteiger partial charge in [0.25, 0.3) is 0 Å². The molecule has 0 heterocycles. The summed E-state index contributed by atoms with van der Waals surface area (Å²) in [6.07, 6.45) is -4.90. The highest BCUT2D eigenvalue weighted by molar-refractivity contribution is 9.10. The van der Waals surface area contributed by atoms with Gasteiger partial charge in [0.15, 0.2) is 11.6 Å². The summed E-state index contributed by atoms with van der Waals surface area (Å²) >= 11 is 3.19. The quantitative estimate of drug-likeness (QED) is 0.697. The van der Waals surface area contributed by atoms with Crippen LogP contribution in [-0.4, -0.2) is 6.36 Å². The maximum absolute atomic E-state index is 13.7. The van der Waals surface area contributed by atoms with Gasteiger partial charge < -0.3 is 4.74 Å². The first-order valence-corrected chi connectivity index (χ1v) is 5.29. The fourth-order valence-corrected chi connectivity index (χ4v) is 1.83. The molecule has 0 atom stereocenters. The van der Waals surface area contributed by atoms with E-state index in [1.54, 1.807) is 12.1 Å². The molecule has 6 heteroatoms. The summed E-state index contributed by atoms with van der Waals surface area (Å²) in [4.78, 5) is 0. The smallest absolute Gasteiger partial charge is 0.403 e. The van der Waals surface area contributed by atoms with Gasteiger partial charge in [0.05, 0.1) is 0 Å². The van der Waals surface area contributed by atoms with Crippen molar-refractivity contribution in [1.82, 2.24) is 0 Å². The van der Waals surface area contributed by atoms with Crippen molar-refractivity contribution in [1.29, 1.82) is 0 Å². The number of hydrogen-bond acceptors (Lipinski definition) is 1. The number of alkyl halides is 3. The maximum atomic E-state index is 13.7. The van der Waals surface area contributed by atoms with Gasteiger partial charge >= 0.3 is 6.36 Å². The van der Waals surface area contributed by atoms with Crippen LogP contribution in [0.1, 0.15) is 0 Å². The Bertz CT molecular complexity index is 565. The van der Waals surface area contributed by atoms with Gasteiger partial charge in [-0.2, -0.15) is 0 Å². The van der Waals surface area contributed by atoms with Crippen molar-refractivity contribution in [2.45, 2.75) is 6.36 Å². The van der Waals surface area contributed by atoms with Gasteiger partial charge in [-0.1, -0.05) is 28.1 Å². The van der Waals surface area contributed by atoms with Gasteiger partial charge in [0.1, 0.15) is 0 Å². The third-order valence-electron chi connectivity index (χ3n) is 2.11. The lowest BCUT2D eigenvalue weighted by Gasteiger charge is -2.11. The van der Waals surface area contributed by atoms with E-state index in [0.29, 0.717) is 9.86 Å². The zero-order valence-corrected chi connectivity index (χ0v) is 9.77. The lowest BCUT2D eigenvalue weighted by Crippen LogP contribution is -2.17. The first kappa shape index (κ1) is 12.2. The van der Waals surface area contributed by atoms with E-state index in [1.807, 2.05) is 0 Å². The normalized spacial score (nSPS) is 11.8. The van der Waals surface area contributed by atoms with Crippen molar-refractivity contribution in [3.05, 3.63) is 40.6 Å². The summed E-state index contributed by atoms with van der Waals surface area (Å²) < 4.78 is 54.0. The topological polar surface area (TPSA) is 9.23 Å². The molecule has 90 valence electrons. The van der Waals surface area contributed by atoms with Gasteiger partial charge in [0.2, 0.25) is 0 Å². The molecule has 0 radical (unpaired) electrons. The minimum absolute atomic E-state index is 0.0787. The molecule has 1 nitrogen and oxygen atoms in total. The van der Waals surface area contributed by atoms with Crippen LogP contribution in [-0.2, 0) is 0 Å². The van der Waals surface area contributed by atoms with Crippen molar-refractivity contribution in [3.8, 4) is 5.75 Å². The van der Waals surface area contributed by atoms with E-state index in [9.17, 15) is 17.6 Å². The highest BCUT2D eigenvalue weighted by Crippen LogP contribution is 2.31. The molecule has 0 unspecified atom stereocenters. The highest BCUT2D eigenvalue weighted by atomic mass is 79.9. The molecule has 0 spiro atoms. The van der Waals surface area contributed by atoms with Crippen LogP contribution in [0.5, 0.6) is 5.75 Å². The lowest BCUT2D eigenvalue weighted by atomic mass is 10.1. The van der Waals surface area contributed by atoms with E-state index in [2.05, 4.69) is 20.7 Å². The first-order valence-electron chi connectivity index (χ1n) is 4.50. The highest BCUT2D eigenvalue weighted by Gasteiger charge is 2.32. The third-order valence-corrected chi connectivity index (χ3v) is 2.60. The number of ether oxygens (including phenoxy) is 1. The molecule has 0 saturated heterocycles.